The number of benzene rings is 2. The second-order valence-corrected chi connectivity index (χ2v) is 9.23. The van der Waals surface area contributed by atoms with Crippen molar-refractivity contribution in [2.24, 2.45) is 5.16 Å². The summed E-state index contributed by atoms with van der Waals surface area (Å²) < 4.78 is 5.58. The van der Waals surface area contributed by atoms with Crippen LogP contribution in [0.5, 0.6) is 0 Å². The SMILES string of the molecule is CON=C1C[C@@H](c2noc(CN3CCN(C(C)=O)CC3)n2)N(C(=O)c2ccccc2-c2ccccc2)C1. The molecule has 0 saturated carbocycles. The van der Waals surface area contributed by atoms with Gasteiger partial charge >= 0.3 is 0 Å². The van der Waals surface area contributed by atoms with Gasteiger partial charge in [0.2, 0.25) is 11.8 Å². The molecule has 1 atom stereocenters. The zero-order chi connectivity index (χ0) is 25.8. The third-order valence-corrected chi connectivity index (χ3v) is 6.84. The van der Waals surface area contributed by atoms with Gasteiger partial charge in [0.25, 0.3) is 5.91 Å². The monoisotopic (exact) mass is 502 g/mol. The largest absolute Gasteiger partial charge is 0.399 e. The molecule has 37 heavy (non-hydrogen) atoms. The van der Waals surface area contributed by atoms with Crippen LogP contribution in [0.3, 0.4) is 0 Å². The number of hydrogen-bond acceptors (Lipinski definition) is 8. The van der Waals surface area contributed by atoms with Gasteiger partial charge in [-0.1, -0.05) is 58.8 Å². The summed E-state index contributed by atoms with van der Waals surface area (Å²) in [5.74, 6) is 0.898. The van der Waals surface area contributed by atoms with Crippen LogP contribution in [0.2, 0.25) is 0 Å². The first kappa shape index (κ1) is 24.6. The van der Waals surface area contributed by atoms with Crippen LogP contribution in [0.15, 0.2) is 64.3 Å². The smallest absolute Gasteiger partial charge is 0.255 e. The standard InChI is InChI=1S/C27H30N6O4/c1-19(34)32-14-12-31(13-15-32)18-25-28-26(30-37-25)24-16-21(29-36-2)17-33(24)27(35)23-11-7-6-10-22(23)20-8-4-3-5-9-20/h3-11,24H,12-18H2,1-2H3/t24-/m0/s1. The normalized spacial score (nSPS) is 19.4. The van der Waals surface area contributed by atoms with Gasteiger partial charge in [-0.3, -0.25) is 14.5 Å². The molecule has 0 spiro atoms. The van der Waals surface area contributed by atoms with Crippen LogP contribution in [-0.4, -0.2) is 82.2 Å². The molecule has 3 heterocycles. The molecule has 0 radical (unpaired) electrons. The Morgan fingerprint density at radius 3 is 2.51 bits per heavy atom. The van der Waals surface area contributed by atoms with Crippen LogP contribution in [0.25, 0.3) is 11.1 Å². The number of carbonyl (C=O) groups excluding carboxylic acids is 2. The van der Waals surface area contributed by atoms with E-state index in [1.54, 1.807) is 11.8 Å². The van der Waals surface area contributed by atoms with Gasteiger partial charge in [0.1, 0.15) is 13.2 Å². The number of piperazine rings is 1. The van der Waals surface area contributed by atoms with Gasteiger partial charge in [-0.25, -0.2) is 0 Å². The van der Waals surface area contributed by atoms with E-state index >= 15 is 0 Å². The van der Waals surface area contributed by atoms with Crippen molar-refractivity contribution in [1.29, 1.82) is 0 Å². The topological polar surface area (TPSA) is 104 Å². The number of likely N-dealkylation sites (tertiary alicyclic amines) is 1. The molecular formula is C27H30N6O4. The molecule has 1 aromatic heterocycles. The van der Waals surface area contributed by atoms with Gasteiger partial charge in [0.15, 0.2) is 5.82 Å². The van der Waals surface area contributed by atoms with Gasteiger partial charge in [-0.2, -0.15) is 4.98 Å². The van der Waals surface area contributed by atoms with Crippen LogP contribution in [0.1, 0.15) is 41.5 Å². The van der Waals surface area contributed by atoms with Crippen LogP contribution >= 0.6 is 0 Å². The van der Waals surface area contributed by atoms with Crippen molar-refractivity contribution in [3.05, 3.63) is 71.9 Å². The van der Waals surface area contributed by atoms with E-state index in [0.29, 0.717) is 49.9 Å². The van der Waals surface area contributed by atoms with E-state index in [0.717, 1.165) is 29.9 Å². The predicted molar refractivity (Wildman–Crippen MR) is 137 cm³/mol. The number of rotatable bonds is 6. The Hall–Kier alpha value is -4.05. The first-order chi connectivity index (χ1) is 18.0. The van der Waals surface area contributed by atoms with Crippen LogP contribution in [-0.2, 0) is 16.2 Å². The second kappa shape index (κ2) is 10.9. The Balaban J connectivity index is 1.37. The molecule has 5 rings (SSSR count). The van der Waals surface area contributed by atoms with Crippen LogP contribution < -0.4 is 0 Å². The molecule has 0 N–H and O–H groups in total. The summed E-state index contributed by atoms with van der Waals surface area (Å²) in [4.78, 5) is 40.9. The fraction of sp³-hybridized carbons (Fsp3) is 0.370. The van der Waals surface area contributed by atoms with Crippen molar-refractivity contribution in [1.82, 2.24) is 24.8 Å². The fourth-order valence-electron chi connectivity index (χ4n) is 4.92. The van der Waals surface area contributed by atoms with Gasteiger partial charge in [0, 0.05) is 45.1 Å². The minimum absolute atomic E-state index is 0.0908. The Kier molecular flexibility index (Phi) is 7.27. The Labute approximate surface area is 215 Å². The number of hydrogen-bond donors (Lipinski definition) is 0. The first-order valence-electron chi connectivity index (χ1n) is 12.4. The molecule has 2 fully saturated rings. The van der Waals surface area contributed by atoms with Gasteiger partial charge in [0.05, 0.1) is 18.8 Å². The Bertz CT molecular complexity index is 1280. The summed E-state index contributed by atoms with van der Waals surface area (Å²) in [6.45, 7) is 5.25. The molecule has 192 valence electrons. The van der Waals surface area contributed by atoms with Crippen molar-refractivity contribution < 1.29 is 18.9 Å². The zero-order valence-corrected chi connectivity index (χ0v) is 21.0. The maximum Gasteiger partial charge on any atom is 0.255 e. The summed E-state index contributed by atoms with van der Waals surface area (Å²) in [6, 6.07) is 17.0. The van der Waals surface area contributed by atoms with Gasteiger partial charge in [-0.05, 0) is 17.2 Å². The van der Waals surface area contributed by atoms with Crippen molar-refractivity contribution in [2.45, 2.75) is 25.9 Å². The molecule has 2 saturated heterocycles. The molecule has 2 aliphatic rings. The summed E-state index contributed by atoms with van der Waals surface area (Å²) >= 11 is 0. The molecule has 0 unspecified atom stereocenters. The summed E-state index contributed by atoms with van der Waals surface area (Å²) in [5.41, 5.74) is 3.18. The lowest BCUT2D eigenvalue weighted by molar-refractivity contribution is -0.130. The number of nitrogens with zero attached hydrogens (tertiary/aromatic N) is 6. The highest BCUT2D eigenvalue weighted by atomic mass is 16.6. The molecule has 2 aromatic carbocycles. The van der Waals surface area contributed by atoms with Crippen LogP contribution in [0, 0.1) is 0 Å². The summed E-state index contributed by atoms with van der Waals surface area (Å²) in [5, 5.41) is 8.37. The molecule has 10 nitrogen and oxygen atoms in total. The average Bonchev–Trinajstić information content (AvgIpc) is 3.56. The maximum atomic E-state index is 13.9. The highest BCUT2D eigenvalue weighted by Gasteiger charge is 2.38. The van der Waals surface area contributed by atoms with E-state index in [9.17, 15) is 9.59 Å². The quantitative estimate of drug-likeness (QED) is 0.477. The first-order valence-corrected chi connectivity index (χ1v) is 12.4. The second-order valence-electron chi connectivity index (χ2n) is 9.23. The number of amides is 2. The van der Waals surface area contributed by atoms with Gasteiger partial charge < -0.3 is 19.2 Å². The lowest BCUT2D eigenvalue weighted by Crippen LogP contribution is -2.47. The Morgan fingerprint density at radius 1 is 1.05 bits per heavy atom. The lowest BCUT2D eigenvalue weighted by Gasteiger charge is -2.33. The average molecular weight is 503 g/mol. The third kappa shape index (κ3) is 5.39. The van der Waals surface area contributed by atoms with E-state index in [2.05, 4.69) is 20.2 Å². The lowest BCUT2D eigenvalue weighted by atomic mass is 9.98. The van der Waals surface area contributed by atoms with E-state index in [1.165, 1.54) is 7.11 Å². The third-order valence-electron chi connectivity index (χ3n) is 6.84. The predicted octanol–water partition coefficient (Wildman–Crippen LogP) is 2.99. The minimum atomic E-state index is -0.419. The molecule has 0 aliphatic carbocycles. The zero-order valence-electron chi connectivity index (χ0n) is 21.0. The van der Waals surface area contributed by atoms with E-state index < -0.39 is 6.04 Å². The van der Waals surface area contributed by atoms with E-state index in [1.807, 2.05) is 59.5 Å². The van der Waals surface area contributed by atoms with E-state index in [-0.39, 0.29) is 11.8 Å². The van der Waals surface area contributed by atoms with Crippen molar-refractivity contribution >= 4 is 17.5 Å². The molecule has 3 aromatic rings. The molecule has 2 amide bonds. The minimum Gasteiger partial charge on any atom is -0.399 e. The van der Waals surface area contributed by atoms with Crippen LogP contribution in [0.4, 0.5) is 0 Å². The molecule has 10 heteroatoms. The van der Waals surface area contributed by atoms with Gasteiger partial charge in [-0.15, -0.1) is 0 Å². The summed E-state index contributed by atoms with van der Waals surface area (Å²) in [7, 11) is 1.50. The fourth-order valence-corrected chi connectivity index (χ4v) is 4.92. The number of carbonyl (C=O) groups is 2. The molecule has 2 aliphatic heterocycles. The van der Waals surface area contributed by atoms with Crippen molar-refractivity contribution in [3.63, 3.8) is 0 Å². The van der Waals surface area contributed by atoms with E-state index in [4.69, 9.17) is 9.36 Å². The Morgan fingerprint density at radius 2 is 1.78 bits per heavy atom. The van der Waals surface area contributed by atoms with Crippen molar-refractivity contribution in [3.8, 4) is 11.1 Å². The summed E-state index contributed by atoms with van der Waals surface area (Å²) in [6.07, 6.45) is 0.462. The van der Waals surface area contributed by atoms with Crippen molar-refractivity contribution in [2.75, 3.05) is 39.8 Å². The number of aromatic nitrogens is 2. The highest BCUT2D eigenvalue weighted by molar-refractivity contribution is 6.04. The molecular weight excluding hydrogens is 472 g/mol. The highest BCUT2D eigenvalue weighted by Crippen LogP contribution is 2.33. The number of oxime groups is 1. The maximum absolute atomic E-state index is 13.9. The molecule has 0 bridgehead atoms.